The van der Waals surface area contributed by atoms with Crippen LogP contribution in [0, 0.1) is 5.82 Å². The third-order valence-corrected chi connectivity index (χ3v) is 4.48. The predicted octanol–water partition coefficient (Wildman–Crippen LogP) is 2.18. The monoisotopic (exact) mass is 343 g/mol. The summed E-state index contributed by atoms with van der Waals surface area (Å²) >= 11 is 0. The van der Waals surface area contributed by atoms with Gasteiger partial charge in [0.05, 0.1) is 23.4 Å². The molecule has 4 rings (SSSR count). The molecule has 1 aliphatic heterocycles. The zero-order chi connectivity index (χ0) is 17.4. The van der Waals surface area contributed by atoms with Gasteiger partial charge in [0.15, 0.2) is 0 Å². The Hall–Kier alpha value is -2.74. The number of benzene rings is 1. The lowest BCUT2D eigenvalue weighted by atomic mass is 10.1. The number of carbonyl (C=O) groups excluding carboxylic acids is 1. The number of hydrogen-bond donors (Lipinski definition) is 2. The standard InChI is InChI=1S/C17H18FN5O2/c1-2-23-5-4-19-16(23)15-12(3-6-25-15)22-17(24)11-7-10(18)8-13-14(11)21-9-20-13/h4-5,7-9,12,15H,2-3,6H2,1H3,(H,20,21)(H,22,24)/t12-,15-/m0/s1. The van der Waals surface area contributed by atoms with Crippen LogP contribution in [-0.4, -0.2) is 38.1 Å². The average Bonchev–Trinajstić information content (AvgIpc) is 3.33. The van der Waals surface area contributed by atoms with E-state index in [1.54, 1.807) is 6.20 Å². The van der Waals surface area contributed by atoms with Gasteiger partial charge in [-0.2, -0.15) is 0 Å². The number of hydrogen-bond acceptors (Lipinski definition) is 4. The molecule has 2 aromatic heterocycles. The summed E-state index contributed by atoms with van der Waals surface area (Å²) in [5.41, 5.74) is 1.15. The predicted molar refractivity (Wildman–Crippen MR) is 88.5 cm³/mol. The van der Waals surface area contributed by atoms with E-state index in [9.17, 15) is 9.18 Å². The summed E-state index contributed by atoms with van der Waals surface area (Å²) in [6.07, 6.45) is 5.41. The maximum Gasteiger partial charge on any atom is 0.253 e. The summed E-state index contributed by atoms with van der Waals surface area (Å²) in [7, 11) is 0. The van der Waals surface area contributed by atoms with Crippen LogP contribution in [0.2, 0.25) is 0 Å². The zero-order valence-corrected chi connectivity index (χ0v) is 13.7. The smallest absolute Gasteiger partial charge is 0.253 e. The highest BCUT2D eigenvalue weighted by Gasteiger charge is 2.34. The van der Waals surface area contributed by atoms with Crippen molar-refractivity contribution >= 4 is 16.9 Å². The van der Waals surface area contributed by atoms with Crippen molar-refractivity contribution in [3.63, 3.8) is 0 Å². The lowest BCUT2D eigenvalue weighted by Gasteiger charge is -2.20. The molecule has 2 N–H and O–H groups in total. The van der Waals surface area contributed by atoms with Gasteiger partial charge < -0.3 is 19.6 Å². The van der Waals surface area contributed by atoms with E-state index in [1.165, 1.54) is 18.5 Å². The number of H-pyrrole nitrogens is 1. The van der Waals surface area contributed by atoms with Crippen LogP contribution < -0.4 is 5.32 Å². The van der Waals surface area contributed by atoms with E-state index < -0.39 is 5.82 Å². The number of halogens is 1. The Morgan fingerprint density at radius 1 is 1.48 bits per heavy atom. The zero-order valence-electron chi connectivity index (χ0n) is 13.7. The van der Waals surface area contributed by atoms with Crippen molar-refractivity contribution in [2.75, 3.05) is 6.61 Å². The number of imidazole rings is 2. The van der Waals surface area contributed by atoms with Gasteiger partial charge in [-0.1, -0.05) is 0 Å². The van der Waals surface area contributed by atoms with Gasteiger partial charge in [0.25, 0.3) is 5.91 Å². The van der Waals surface area contributed by atoms with Crippen molar-refractivity contribution in [1.29, 1.82) is 0 Å². The van der Waals surface area contributed by atoms with E-state index in [4.69, 9.17) is 4.74 Å². The van der Waals surface area contributed by atoms with Crippen molar-refractivity contribution in [1.82, 2.24) is 24.8 Å². The van der Waals surface area contributed by atoms with Crippen LogP contribution in [0.1, 0.15) is 35.6 Å². The van der Waals surface area contributed by atoms with Crippen LogP contribution in [-0.2, 0) is 11.3 Å². The third kappa shape index (κ3) is 2.78. The molecular weight excluding hydrogens is 325 g/mol. The number of ether oxygens (including phenoxy) is 1. The maximum absolute atomic E-state index is 13.8. The molecule has 0 saturated carbocycles. The number of amides is 1. The quantitative estimate of drug-likeness (QED) is 0.760. The normalized spacial score (nSPS) is 20.2. The molecule has 0 bridgehead atoms. The Morgan fingerprint density at radius 3 is 3.20 bits per heavy atom. The van der Waals surface area contributed by atoms with Gasteiger partial charge in [-0.25, -0.2) is 14.4 Å². The van der Waals surface area contributed by atoms with E-state index in [0.29, 0.717) is 24.1 Å². The van der Waals surface area contributed by atoms with Crippen molar-refractivity contribution in [3.8, 4) is 0 Å². The van der Waals surface area contributed by atoms with Crippen LogP contribution in [0.3, 0.4) is 0 Å². The molecule has 0 radical (unpaired) electrons. The van der Waals surface area contributed by atoms with Crippen molar-refractivity contribution in [2.24, 2.45) is 0 Å². The summed E-state index contributed by atoms with van der Waals surface area (Å²) < 4.78 is 21.6. The first-order chi connectivity index (χ1) is 12.2. The van der Waals surface area contributed by atoms with Gasteiger partial charge in [-0.15, -0.1) is 0 Å². The van der Waals surface area contributed by atoms with Crippen LogP contribution >= 0.6 is 0 Å². The van der Waals surface area contributed by atoms with E-state index >= 15 is 0 Å². The Bertz CT molecular complexity index is 919. The number of aryl methyl sites for hydroxylation is 1. The number of carbonyl (C=O) groups is 1. The Morgan fingerprint density at radius 2 is 2.36 bits per heavy atom. The van der Waals surface area contributed by atoms with Crippen molar-refractivity contribution in [2.45, 2.75) is 32.0 Å². The van der Waals surface area contributed by atoms with Crippen LogP contribution in [0.25, 0.3) is 11.0 Å². The molecule has 0 spiro atoms. The van der Waals surface area contributed by atoms with Gasteiger partial charge >= 0.3 is 0 Å². The molecule has 8 heteroatoms. The second-order valence-electron chi connectivity index (χ2n) is 5.98. The summed E-state index contributed by atoms with van der Waals surface area (Å²) in [5.74, 6) is -0.0659. The highest BCUT2D eigenvalue weighted by Crippen LogP contribution is 2.29. The molecule has 1 aliphatic rings. The first-order valence-corrected chi connectivity index (χ1v) is 8.23. The van der Waals surface area contributed by atoms with Gasteiger partial charge in [-0.05, 0) is 25.5 Å². The minimum atomic E-state index is -0.484. The van der Waals surface area contributed by atoms with Crippen LogP contribution in [0.15, 0.2) is 30.9 Å². The first kappa shape index (κ1) is 15.8. The van der Waals surface area contributed by atoms with Gasteiger partial charge in [-0.3, -0.25) is 4.79 Å². The van der Waals surface area contributed by atoms with E-state index in [0.717, 1.165) is 12.4 Å². The molecule has 1 fully saturated rings. The molecule has 1 saturated heterocycles. The van der Waals surface area contributed by atoms with Gasteiger partial charge in [0, 0.05) is 25.5 Å². The van der Waals surface area contributed by atoms with E-state index in [1.807, 2.05) is 17.7 Å². The lowest BCUT2D eigenvalue weighted by molar-refractivity contribution is 0.0776. The molecule has 0 unspecified atom stereocenters. The van der Waals surface area contributed by atoms with Gasteiger partial charge in [0.1, 0.15) is 23.3 Å². The number of nitrogens with one attached hydrogen (secondary N) is 2. The number of nitrogens with zero attached hydrogens (tertiary/aromatic N) is 3. The minimum Gasteiger partial charge on any atom is -0.368 e. The lowest BCUT2D eigenvalue weighted by Crippen LogP contribution is -2.37. The number of rotatable bonds is 4. The molecule has 25 heavy (non-hydrogen) atoms. The molecule has 130 valence electrons. The summed E-state index contributed by atoms with van der Waals surface area (Å²) in [4.78, 5) is 24.0. The molecule has 3 heterocycles. The molecular formula is C17H18FN5O2. The fourth-order valence-electron chi connectivity index (χ4n) is 3.27. The SMILES string of the molecule is CCn1ccnc1[C@H]1OCC[C@@H]1NC(=O)c1cc(F)cc2[nH]cnc12. The molecule has 0 aliphatic carbocycles. The van der Waals surface area contributed by atoms with Crippen molar-refractivity contribution in [3.05, 3.63) is 48.1 Å². The second kappa shape index (κ2) is 6.29. The molecule has 1 amide bonds. The highest BCUT2D eigenvalue weighted by atomic mass is 19.1. The summed E-state index contributed by atoms with van der Waals surface area (Å²) in [6, 6.07) is 2.30. The second-order valence-corrected chi connectivity index (χ2v) is 5.98. The van der Waals surface area contributed by atoms with E-state index in [-0.39, 0.29) is 23.6 Å². The maximum atomic E-state index is 13.8. The highest BCUT2D eigenvalue weighted by molar-refractivity contribution is 6.04. The fourth-order valence-corrected chi connectivity index (χ4v) is 3.27. The number of fused-ring (bicyclic) bond motifs is 1. The fraction of sp³-hybridized carbons (Fsp3) is 0.353. The number of aromatic amines is 1. The van der Waals surface area contributed by atoms with Crippen molar-refractivity contribution < 1.29 is 13.9 Å². The largest absolute Gasteiger partial charge is 0.368 e. The third-order valence-electron chi connectivity index (χ3n) is 4.48. The topological polar surface area (TPSA) is 84.8 Å². The average molecular weight is 343 g/mol. The molecule has 7 nitrogen and oxygen atoms in total. The van der Waals surface area contributed by atoms with Crippen LogP contribution in [0.5, 0.6) is 0 Å². The Balaban J connectivity index is 1.60. The van der Waals surface area contributed by atoms with Crippen LogP contribution in [0.4, 0.5) is 4.39 Å². The first-order valence-electron chi connectivity index (χ1n) is 8.23. The number of aromatic nitrogens is 4. The molecule has 1 aromatic carbocycles. The minimum absolute atomic E-state index is 0.209. The van der Waals surface area contributed by atoms with E-state index in [2.05, 4.69) is 20.3 Å². The Labute approximate surface area is 143 Å². The van der Waals surface area contributed by atoms with Gasteiger partial charge in [0.2, 0.25) is 0 Å². The summed E-state index contributed by atoms with van der Waals surface area (Å²) in [6.45, 7) is 3.33. The Kier molecular flexibility index (Phi) is 3.96. The molecule has 3 aromatic rings. The molecule has 2 atom stereocenters. The summed E-state index contributed by atoms with van der Waals surface area (Å²) in [5, 5.41) is 2.96.